The Morgan fingerprint density at radius 3 is 3.07 bits per heavy atom. The normalized spacial score (nSPS) is 10.7. The zero-order valence-electron chi connectivity index (χ0n) is 8.47. The standard InChI is InChI=1S/C11H12N2O2/c1-8-12-7-10-4-2-3-9(13(8)10)5-6-11(14)15/h2-4,7H,5-6H2,1H3,(H,14,15). The summed E-state index contributed by atoms with van der Waals surface area (Å²) in [6.07, 6.45) is 2.47. The molecule has 0 atom stereocenters. The molecule has 1 N–H and O–H groups in total. The topological polar surface area (TPSA) is 54.6 Å². The van der Waals surface area contributed by atoms with Gasteiger partial charge in [0, 0.05) is 5.69 Å². The number of hydrogen-bond donors (Lipinski definition) is 1. The van der Waals surface area contributed by atoms with Crippen molar-refractivity contribution in [1.82, 2.24) is 9.38 Å². The lowest BCUT2D eigenvalue weighted by Crippen LogP contribution is -2.03. The van der Waals surface area contributed by atoms with Gasteiger partial charge in [-0.3, -0.25) is 4.79 Å². The van der Waals surface area contributed by atoms with E-state index in [4.69, 9.17) is 5.11 Å². The summed E-state index contributed by atoms with van der Waals surface area (Å²) in [5.41, 5.74) is 2.00. The van der Waals surface area contributed by atoms with Gasteiger partial charge in [0.15, 0.2) is 0 Å². The molecule has 4 nitrogen and oxygen atoms in total. The maximum absolute atomic E-state index is 10.5. The molecule has 2 aromatic heterocycles. The van der Waals surface area contributed by atoms with Crippen molar-refractivity contribution in [3.8, 4) is 0 Å². The number of aliphatic carboxylic acids is 1. The van der Waals surface area contributed by atoms with E-state index in [9.17, 15) is 4.79 Å². The number of pyridine rings is 1. The van der Waals surface area contributed by atoms with E-state index in [1.807, 2.05) is 29.5 Å². The second kappa shape index (κ2) is 3.73. The Balaban J connectivity index is 2.41. The van der Waals surface area contributed by atoms with Crippen LogP contribution in [0, 0.1) is 6.92 Å². The average molecular weight is 204 g/mol. The molecule has 2 heterocycles. The molecule has 0 aliphatic heterocycles. The smallest absolute Gasteiger partial charge is 0.303 e. The van der Waals surface area contributed by atoms with Gasteiger partial charge in [-0.2, -0.15) is 0 Å². The predicted octanol–water partition coefficient (Wildman–Crippen LogP) is 1.66. The molecule has 0 saturated carbocycles. The number of nitrogens with zero attached hydrogens (tertiary/aromatic N) is 2. The van der Waals surface area contributed by atoms with E-state index in [0.29, 0.717) is 6.42 Å². The first-order chi connectivity index (χ1) is 7.18. The Bertz CT molecular complexity index is 502. The maximum Gasteiger partial charge on any atom is 0.303 e. The molecule has 2 aromatic rings. The minimum atomic E-state index is -0.773. The van der Waals surface area contributed by atoms with E-state index in [2.05, 4.69) is 4.98 Å². The first-order valence-corrected chi connectivity index (χ1v) is 4.82. The molecule has 0 saturated heterocycles. The minimum Gasteiger partial charge on any atom is -0.481 e. The number of rotatable bonds is 3. The molecule has 0 radical (unpaired) electrons. The highest BCUT2D eigenvalue weighted by atomic mass is 16.4. The monoisotopic (exact) mass is 204 g/mol. The lowest BCUT2D eigenvalue weighted by atomic mass is 10.2. The number of aryl methyl sites for hydroxylation is 2. The van der Waals surface area contributed by atoms with E-state index in [-0.39, 0.29) is 6.42 Å². The molecule has 0 fully saturated rings. The summed E-state index contributed by atoms with van der Waals surface area (Å²) in [5, 5.41) is 8.64. The van der Waals surface area contributed by atoms with Crippen LogP contribution in [0.25, 0.3) is 5.52 Å². The van der Waals surface area contributed by atoms with Gasteiger partial charge in [-0.15, -0.1) is 0 Å². The van der Waals surface area contributed by atoms with E-state index in [0.717, 1.165) is 17.0 Å². The molecular formula is C11H12N2O2. The van der Waals surface area contributed by atoms with Crippen LogP contribution in [0.1, 0.15) is 17.9 Å². The lowest BCUT2D eigenvalue weighted by Gasteiger charge is -2.05. The summed E-state index contributed by atoms with van der Waals surface area (Å²) in [5.74, 6) is 0.121. The Labute approximate surface area is 87.2 Å². The number of carboxylic acid groups (broad SMARTS) is 1. The molecule has 2 rings (SSSR count). The fourth-order valence-electron chi connectivity index (χ4n) is 1.72. The molecule has 0 unspecified atom stereocenters. The average Bonchev–Trinajstić information content (AvgIpc) is 2.58. The van der Waals surface area contributed by atoms with E-state index in [1.54, 1.807) is 6.20 Å². The molecular weight excluding hydrogens is 192 g/mol. The lowest BCUT2D eigenvalue weighted by molar-refractivity contribution is -0.136. The van der Waals surface area contributed by atoms with Crippen LogP contribution in [0.4, 0.5) is 0 Å². The molecule has 0 aromatic carbocycles. The number of fused-ring (bicyclic) bond motifs is 1. The molecule has 0 spiro atoms. The van der Waals surface area contributed by atoms with Gasteiger partial charge >= 0.3 is 5.97 Å². The Morgan fingerprint density at radius 1 is 1.53 bits per heavy atom. The number of imidazole rings is 1. The summed E-state index contributed by atoms with van der Waals surface area (Å²) < 4.78 is 1.99. The Kier molecular flexibility index (Phi) is 2.41. The molecule has 0 amide bonds. The zero-order valence-corrected chi connectivity index (χ0v) is 8.47. The number of hydrogen-bond acceptors (Lipinski definition) is 2. The molecule has 78 valence electrons. The van der Waals surface area contributed by atoms with Gasteiger partial charge in [0.1, 0.15) is 5.82 Å². The fourth-order valence-corrected chi connectivity index (χ4v) is 1.72. The van der Waals surface area contributed by atoms with Crippen LogP contribution in [-0.4, -0.2) is 20.5 Å². The van der Waals surface area contributed by atoms with Crippen LogP contribution in [0.3, 0.4) is 0 Å². The fraction of sp³-hybridized carbons (Fsp3) is 0.273. The predicted molar refractivity (Wildman–Crippen MR) is 55.9 cm³/mol. The first kappa shape index (κ1) is 9.71. The van der Waals surface area contributed by atoms with Crippen LogP contribution >= 0.6 is 0 Å². The van der Waals surface area contributed by atoms with Crippen molar-refractivity contribution in [2.75, 3.05) is 0 Å². The maximum atomic E-state index is 10.5. The second-order valence-electron chi connectivity index (χ2n) is 3.48. The van der Waals surface area contributed by atoms with Gasteiger partial charge in [0.05, 0.1) is 18.1 Å². The second-order valence-corrected chi connectivity index (χ2v) is 3.48. The van der Waals surface area contributed by atoms with Crippen LogP contribution in [-0.2, 0) is 11.2 Å². The number of carboxylic acids is 1. The van der Waals surface area contributed by atoms with Crippen molar-refractivity contribution in [3.63, 3.8) is 0 Å². The third kappa shape index (κ3) is 1.83. The van der Waals surface area contributed by atoms with Crippen molar-refractivity contribution in [2.24, 2.45) is 0 Å². The quantitative estimate of drug-likeness (QED) is 0.827. The molecule has 15 heavy (non-hydrogen) atoms. The van der Waals surface area contributed by atoms with Gasteiger partial charge in [0.25, 0.3) is 0 Å². The molecule has 0 bridgehead atoms. The van der Waals surface area contributed by atoms with Gasteiger partial charge < -0.3 is 9.51 Å². The number of carbonyl (C=O) groups is 1. The van der Waals surface area contributed by atoms with Crippen molar-refractivity contribution in [3.05, 3.63) is 35.9 Å². The van der Waals surface area contributed by atoms with Crippen molar-refractivity contribution < 1.29 is 9.90 Å². The van der Waals surface area contributed by atoms with Crippen LogP contribution in [0.2, 0.25) is 0 Å². The van der Waals surface area contributed by atoms with E-state index < -0.39 is 5.97 Å². The summed E-state index contributed by atoms with van der Waals surface area (Å²) in [4.78, 5) is 14.7. The SMILES string of the molecule is Cc1ncc2cccc(CCC(=O)O)n12. The summed E-state index contributed by atoms with van der Waals surface area (Å²) >= 11 is 0. The summed E-state index contributed by atoms with van der Waals surface area (Å²) in [6.45, 7) is 1.91. The van der Waals surface area contributed by atoms with Crippen LogP contribution < -0.4 is 0 Å². The van der Waals surface area contributed by atoms with E-state index in [1.165, 1.54) is 0 Å². The highest BCUT2D eigenvalue weighted by molar-refractivity contribution is 5.67. The first-order valence-electron chi connectivity index (χ1n) is 4.82. The highest BCUT2D eigenvalue weighted by Crippen LogP contribution is 2.11. The largest absolute Gasteiger partial charge is 0.481 e. The van der Waals surface area contributed by atoms with Crippen molar-refractivity contribution in [1.29, 1.82) is 0 Å². The van der Waals surface area contributed by atoms with Crippen LogP contribution in [0.15, 0.2) is 24.4 Å². The highest BCUT2D eigenvalue weighted by Gasteiger charge is 2.05. The van der Waals surface area contributed by atoms with Gasteiger partial charge in [-0.25, -0.2) is 4.98 Å². The van der Waals surface area contributed by atoms with Crippen LogP contribution in [0.5, 0.6) is 0 Å². The van der Waals surface area contributed by atoms with Gasteiger partial charge in [-0.1, -0.05) is 6.07 Å². The zero-order chi connectivity index (χ0) is 10.8. The third-order valence-electron chi connectivity index (χ3n) is 2.40. The van der Waals surface area contributed by atoms with Gasteiger partial charge in [0.2, 0.25) is 0 Å². The molecule has 0 aliphatic rings. The Morgan fingerprint density at radius 2 is 2.33 bits per heavy atom. The molecule has 0 aliphatic carbocycles. The summed E-state index contributed by atoms with van der Waals surface area (Å²) in [7, 11) is 0. The Hall–Kier alpha value is -1.84. The summed E-state index contributed by atoms with van der Waals surface area (Å²) in [6, 6.07) is 5.82. The molecule has 4 heteroatoms. The van der Waals surface area contributed by atoms with Crippen molar-refractivity contribution in [2.45, 2.75) is 19.8 Å². The number of aromatic nitrogens is 2. The third-order valence-corrected chi connectivity index (χ3v) is 2.40. The van der Waals surface area contributed by atoms with Gasteiger partial charge in [-0.05, 0) is 25.5 Å². The van der Waals surface area contributed by atoms with Crippen molar-refractivity contribution >= 4 is 11.5 Å². The minimum absolute atomic E-state index is 0.150. The van der Waals surface area contributed by atoms with E-state index >= 15 is 0 Å².